The zero-order valence-electron chi connectivity index (χ0n) is 17.0. The van der Waals surface area contributed by atoms with Gasteiger partial charge in [-0.3, -0.25) is 14.5 Å². The molecule has 0 bridgehead atoms. The van der Waals surface area contributed by atoms with E-state index in [0.29, 0.717) is 18.0 Å². The summed E-state index contributed by atoms with van der Waals surface area (Å²) in [6.45, 7) is 5.23. The molecule has 1 aliphatic rings. The number of benzene rings is 1. The van der Waals surface area contributed by atoms with E-state index in [1.165, 1.54) is 0 Å². The van der Waals surface area contributed by atoms with Crippen LogP contribution in [0, 0.1) is 13.8 Å². The Morgan fingerprint density at radius 3 is 2.79 bits per heavy atom. The van der Waals surface area contributed by atoms with Gasteiger partial charge in [0.05, 0.1) is 23.1 Å². The summed E-state index contributed by atoms with van der Waals surface area (Å²) in [5, 5.41) is 4.29. The smallest absolute Gasteiger partial charge is 0.257 e. The number of hydrogen-bond donors (Lipinski definition) is 0. The second-order valence-electron chi connectivity index (χ2n) is 7.54. The van der Waals surface area contributed by atoms with Gasteiger partial charge in [-0.1, -0.05) is 18.2 Å². The van der Waals surface area contributed by atoms with Gasteiger partial charge >= 0.3 is 0 Å². The van der Waals surface area contributed by atoms with Crippen molar-refractivity contribution in [3.8, 4) is 11.6 Å². The summed E-state index contributed by atoms with van der Waals surface area (Å²) < 4.78 is 7.62. The third-order valence-corrected chi connectivity index (χ3v) is 5.31. The van der Waals surface area contributed by atoms with Crippen LogP contribution in [0.5, 0.6) is 11.6 Å². The molecule has 0 saturated carbocycles. The van der Waals surface area contributed by atoms with Crippen molar-refractivity contribution in [1.29, 1.82) is 0 Å². The average molecular weight is 391 g/mol. The Labute approximate surface area is 170 Å². The summed E-state index contributed by atoms with van der Waals surface area (Å²) in [5.41, 5.74) is 3.32. The van der Waals surface area contributed by atoms with E-state index in [0.717, 1.165) is 42.1 Å². The molecule has 29 heavy (non-hydrogen) atoms. The first-order valence-electron chi connectivity index (χ1n) is 9.86. The van der Waals surface area contributed by atoms with Crippen molar-refractivity contribution in [2.24, 2.45) is 7.05 Å². The Morgan fingerprint density at radius 1 is 1.21 bits per heavy atom. The number of likely N-dealkylation sites (tertiary alicyclic amines) is 1. The van der Waals surface area contributed by atoms with Crippen LogP contribution in [0.25, 0.3) is 0 Å². The van der Waals surface area contributed by atoms with Crippen LogP contribution in [-0.4, -0.2) is 43.6 Å². The van der Waals surface area contributed by atoms with E-state index in [1.54, 1.807) is 23.3 Å². The number of nitrogens with zero attached hydrogens (tertiary/aromatic N) is 5. The number of carbonyl (C=O) groups excluding carboxylic acids is 1. The molecule has 1 unspecified atom stereocenters. The highest BCUT2D eigenvalue weighted by Crippen LogP contribution is 2.29. The quantitative estimate of drug-likeness (QED) is 0.679. The summed E-state index contributed by atoms with van der Waals surface area (Å²) in [7, 11) is 1.83. The first-order valence-corrected chi connectivity index (χ1v) is 9.86. The van der Waals surface area contributed by atoms with Crippen LogP contribution in [0.3, 0.4) is 0 Å². The normalized spacial score (nSPS) is 16.7. The minimum Gasteiger partial charge on any atom is -0.437 e. The first kappa shape index (κ1) is 19.1. The highest BCUT2D eigenvalue weighted by molar-refractivity contribution is 5.95. The molecule has 7 nitrogen and oxygen atoms in total. The Kier molecular flexibility index (Phi) is 5.29. The molecule has 150 valence electrons. The third kappa shape index (κ3) is 4.13. The number of amides is 1. The van der Waals surface area contributed by atoms with E-state index >= 15 is 0 Å². The third-order valence-electron chi connectivity index (χ3n) is 5.31. The fraction of sp³-hybridized carbons (Fsp3) is 0.364. The Hall–Kier alpha value is -3.22. The summed E-state index contributed by atoms with van der Waals surface area (Å²) in [4.78, 5) is 23.9. The number of ether oxygens (including phenoxy) is 1. The molecule has 2 aromatic heterocycles. The van der Waals surface area contributed by atoms with Crippen molar-refractivity contribution in [2.75, 3.05) is 13.1 Å². The van der Waals surface area contributed by atoms with Crippen LogP contribution in [0.15, 0.2) is 42.9 Å². The lowest BCUT2D eigenvalue weighted by atomic mass is 9.94. The molecule has 0 radical (unpaired) electrons. The summed E-state index contributed by atoms with van der Waals surface area (Å²) >= 11 is 0. The van der Waals surface area contributed by atoms with E-state index in [2.05, 4.69) is 15.1 Å². The van der Waals surface area contributed by atoms with Gasteiger partial charge in [-0.25, -0.2) is 4.98 Å². The van der Waals surface area contributed by atoms with Gasteiger partial charge in [0.15, 0.2) is 0 Å². The summed E-state index contributed by atoms with van der Waals surface area (Å²) in [6, 6.07) is 7.82. The number of carbonyl (C=O) groups is 1. The standard InChI is InChI=1S/C22H25N5O2/c1-15-7-4-5-9-20(15)29-21-12-23-11-19(24-21)17-8-6-10-27(13-17)22(28)18-14-26(3)25-16(18)2/h4-5,7,9,11-12,14,17H,6,8,10,13H2,1-3H3. The molecule has 1 saturated heterocycles. The van der Waals surface area contributed by atoms with Gasteiger partial charge in [-0.05, 0) is 38.3 Å². The monoisotopic (exact) mass is 391 g/mol. The topological polar surface area (TPSA) is 73.1 Å². The van der Waals surface area contributed by atoms with Gasteiger partial charge in [0.1, 0.15) is 5.75 Å². The summed E-state index contributed by atoms with van der Waals surface area (Å²) in [5.74, 6) is 1.41. The fourth-order valence-electron chi connectivity index (χ4n) is 3.77. The highest BCUT2D eigenvalue weighted by Gasteiger charge is 2.28. The number of aryl methyl sites for hydroxylation is 3. The van der Waals surface area contributed by atoms with E-state index in [1.807, 2.05) is 50.1 Å². The maximum Gasteiger partial charge on any atom is 0.257 e. The van der Waals surface area contributed by atoms with Crippen LogP contribution in [0.4, 0.5) is 0 Å². The lowest BCUT2D eigenvalue weighted by Crippen LogP contribution is -2.39. The number of rotatable bonds is 4. The lowest BCUT2D eigenvalue weighted by molar-refractivity contribution is 0.0705. The molecule has 0 aliphatic carbocycles. The van der Waals surface area contributed by atoms with Crippen molar-refractivity contribution in [2.45, 2.75) is 32.6 Å². The molecular formula is C22H25N5O2. The Balaban J connectivity index is 1.50. The van der Waals surface area contributed by atoms with Crippen molar-refractivity contribution >= 4 is 5.91 Å². The molecule has 3 heterocycles. The van der Waals surface area contributed by atoms with Gasteiger partial charge in [0, 0.05) is 38.4 Å². The largest absolute Gasteiger partial charge is 0.437 e. The van der Waals surface area contributed by atoms with Gasteiger partial charge in [0.2, 0.25) is 5.88 Å². The molecule has 1 aromatic carbocycles. The van der Waals surface area contributed by atoms with Crippen LogP contribution in [-0.2, 0) is 7.05 Å². The van der Waals surface area contributed by atoms with Crippen LogP contribution >= 0.6 is 0 Å². The average Bonchev–Trinajstić information content (AvgIpc) is 3.07. The summed E-state index contributed by atoms with van der Waals surface area (Å²) in [6.07, 6.45) is 7.09. The predicted octanol–water partition coefficient (Wildman–Crippen LogP) is 3.64. The van der Waals surface area contributed by atoms with Crippen molar-refractivity contribution in [1.82, 2.24) is 24.6 Å². The molecule has 0 spiro atoms. The zero-order chi connectivity index (χ0) is 20.4. The molecular weight excluding hydrogens is 366 g/mol. The van der Waals surface area contributed by atoms with E-state index in [4.69, 9.17) is 4.74 Å². The van der Waals surface area contributed by atoms with Gasteiger partial charge in [0.25, 0.3) is 5.91 Å². The predicted molar refractivity (Wildman–Crippen MR) is 109 cm³/mol. The van der Waals surface area contributed by atoms with E-state index in [-0.39, 0.29) is 11.8 Å². The molecule has 1 aliphatic heterocycles. The number of piperidine rings is 1. The molecule has 4 rings (SSSR count). The van der Waals surface area contributed by atoms with Gasteiger partial charge < -0.3 is 9.64 Å². The second kappa shape index (κ2) is 8.03. The second-order valence-corrected chi connectivity index (χ2v) is 7.54. The van der Waals surface area contributed by atoms with E-state index < -0.39 is 0 Å². The van der Waals surface area contributed by atoms with Crippen LogP contribution < -0.4 is 4.74 Å². The SMILES string of the molecule is Cc1ccccc1Oc1cncc(C2CCCN(C(=O)c3cn(C)nc3C)C2)n1. The highest BCUT2D eigenvalue weighted by atomic mass is 16.5. The number of hydrogen-bond acceptors (Lipinski definition) is 5. The Morgan fingerprint density at radius 2 is 2.03 bits per heavy atom. The molecule has 0 N–H and O–H groups in total. The van der Waals surface area contributed by atoms with Gasteiger partial charge in [-0.2, -0.15) is 5.10 Å². The lowest BCUT2D eigenvalue weighted by Gasteiger charge is -2.32. The molecule has 3 aromatic rings. The Bertz CT molecular complexity index is 1030. The maximum absolute atomic E-state index is 13.0. The number of para-hydroxylation sites is 1. The van der Waals surface area contributed by atoms with Crippen molar-refractivity contribution in [3.05, 3.63) is 65.4 Å². The van der Waals surface area contributed by atoms with Gasteiger partial charge in [-0.15, -0.1) is 0 Å². The van der Waals surface area contributed by atoms with Crippen LogP contribution in [0.2, 0.25) is 0 Å². The minimum absolute atomic E-state index is 0.0283. The molecule has 7 heteroatoms. The maximum atomic E-state index is 13.0. The van der Waals surface area contributed by atoms with E-state index in [9.17, 15) is 4.79 Å². The molecule has 1 amide bonds. The number of aromatic nitrogens is 4. The molecule has 1 atom stereocenters. The molecule has 1 fully saturated rings. The zero-order valence-corrected chi connectivity index (χ0v) is 17.0. The van der Waals surface area contributed by atoms with Crippen LogP contribution in [0.1, 0.15) is 46.1 Å². The fourth-order valence-corrected chi connectivity index (χ4v) is 3.77. The minimum atomic E-state index is 0.0283. The first-order chi connectivity index (χ1) is 14.0. The van der Waals surface area contributed by atoms with Crippen molar-refractivity contribution in [3.63, 3.8) is 0 Å². The van der Waals surface area contributed by atoms with Crippen molar-refractivity contribution < 1.29 is 9.53 Å².